The van der Waals surface area contributed by atoms with Gasteiger partial charge in [-0.2, -0.15) is 0 Å². The van der Waals surface area contributed by atoms with Crippen molar-refractivity contribution >= 4 is 11.6 Å². The van der Waals surface area contributed by atoms with E-state index in [1.54, 1.807) is 6.07 Å². The van der Waals surface area contributed by atoms with Crippen LogP contribution in [0.3, 0.4) is 0 Å². The topological polar surface area (TPSA) is 50.0 Å². The van der Waals surface area contributed by atoms with Crippen molar-refractivity contribution in [1.29, 1.82) is 0 Å². The Balaban J connectivity index is 0.000000963. The average molecular weight is 237 g/mol. The van der Waals surface area contributed by atoms with Crippen molar-refractivity contribution in [1.82, 2.24) is 0 Å². The smallest absolute Gasteiger partial charge is 0.188 e. The third kappa shape index (κ3) is 1.60. The zero-order valence-corrected chi connectivity index (χ0v) is 8.99. The molecule has 2 aromatic carbocycles. The number of hydrogen-bond donors (Lipinski definition) is 0. The van der Waals surface area contributed by atoms with Crippen LogP contribution in [0.1, 0.15) is 0 Å². The molecule has 0 aromatic heterocycles. The first-order valence-electron chi connectivity index (χ1n) is 4.58. The van der Waals surface area contributed by atoms with Gasteiger partial charge in [0.1, 0.15) is 0 Å². The van der Waals surface area contributed by atoms with E-state index in [0.717, 1.165) is 0 Å². The molecule has 16 heavy (non-hydrogen) atoms. The summed E-state index contributed by atoms with van der Waals surface area (Å²) in [6.45, 7) is 0. The SMILES string of the molecule is Clc1cccc2c1Oc1ccccc1O2.O. The van der Waals surface area contributed by atoms with Crippen LogP contribution in [0.2, 0.25) is 5.02 Å². The number of hydrogen-bond acceptors (Lipinski definition) is 2. The quantitative estimate of drug-likeness (QED) is 0.601. The van der Waals surface area contributed by atoms with Gasteiger partial charge in [0.05, 0.1) is 5.02 Å². The molecule has 0 unspecified atom stereocenters. The fourth-order valence-electron chi connectivity index (χ4n) is 1.52. The fourth-order valence-corrected chi connectivity index (χ4v) is 1.72. The summed E-state index contributed by atoms with van der Waals surface area (Å²) in [5, 5.41) is 0.557. The minimum atomic E-state index is 0. The Hall–Kier alpha value is -1.71. The normalized spacial score (nSPS) is 11.3. The molecule has 3 rings (SSSR count). The second-order valence-corrected chi connectivity index (χ2v) is 3.63. The highest BCUT2D eigenvalue weighted by molar-refractivity contribution is 6.32. The van der Waals surface area contributed by atoms with E-state index in [-0.39, 0.29) is 5.48 Å². The number of benzene rings is 2. The monoisotopic (exact) mass is 236 g/mol. The standard InChI is InChI=1S/C12H7ClO2.H2O/c13-8-4-3-7-11-12(8)15-10-6-2-1-5-9(10)14-11;/h1-7H;1H2. The lowest BCUT2D eigenvalue weighted by Gasteiger charge is -2.20. The van der Waals surface area contributed by atoms with Crippen LogP contribution in [0.25, 0.3) is 0 Å². The number of fused-ring (bicyclic) bond motifs is 2. The van der Waals surface area contributed by atoms with Gasteiger partial charge in [0, 0.05) is 0 Å². The molecule has 0 atom stereocenters. The summed E-state index contributed by atoms with van der Waals surface area (Å²) in [5.41, 5.74) is 0. The van der Waals surface area contributed by atoms with Crippen molar-refractivity contribution in [3.8, 4) is 23.0 Å². The summed E-state index contributed by atoms with van der Waals surface area (Å²) < 4.78 is 11.3. The Bertz CT molecular complexity index is 525. The average Bonchev–Trinajstić information content (AvgIpc) is 2.27. The highest BCUT2D eigenvalue weighted by Gasteiger charge is 2.19. The first-order valence-corrected chi connectivity index (χ1v) is 4.95. The fraction of sp³-hybridized carbons (Fsp3) is 0. The summed E-state index contributed by atoms with van der Waals surface area (Å²) >= 11 is 6.00. The van der Waals surface area contributed by atoms with Crippen LogP contribution < -0.4 is 9.47 Å². The molecule has 3 nitrogen and oxygen atoms in total. The van der Waals surface area contributed by atoms with Crippen LogP contribution in [-0.2, 0) is 0 Å². The molecule has 1 heterocycles. The van der Waals surface area contributed by atoms with Gasteiger partial charge in [0.25, 0.3) is 0 Å². The summed E-state index contributed by atoms with van der Waals surface area (Å²) in [4.78, 5) is 0. The molecule has 0 spiro atoms. The largest absolute Gasteiger partial charge is 0.449 e. The molecule has 2 aromatic rings. The number of para-hydroxylation sites is 3. The van der Waals surface area contributed by atoms with Crippen molar-refractivity contribution in [2.75, 3.05) is 0 Å². The van der Waals surface area contributed by atoms with E-state index >= 15 is 0 Å². The Morgan fingerprint density at radius 1 is 0.750 bits per heavy atom. The Kier molecular flexibility index (Phi) is 2.73. The number of halogens is 1. The van der Waals surface area contributed by atoms with Gasteiger partial charge in [-0.05, 0) is 24.3 Å². The van der Waals surface area contributed by atoms with E-state index in [2.05, 4.69) is 0 Å². The minimum absolute atomic E-state index is 0. The van der Waals surface area contributed by atoms with E-state index in [9.17, 15) is 0 Å². The maximum atomic E-state index is 6.00. The van der Waals surface area contributed by atoms with Gasteiger partial charge >= 0.3 is 0 Å². The maximum Gasteiger partial charge on any atom is 0.188 e. The molecule has 0 saturated heterocycles. The van der Waals surface area contributed by atoms with Crippen LogP contribution in [-0.4, -0.2) is 5.48 Å². The Morgan fingerprint density at radius 2 is 1.38 bits per heavy atom. The lowest BCUT2D eigenvalue weighted by molar-refractivity contribution is 0.360. The predicted octanol–water partition coefficient (Wildman–Crippen LogP) is 3.41. The maximum absolute atomic E-state index is 6.00. The van der Waals surface area contributed by atoms with Crippen molar-refractivity contribution in [2.24, 2.45) is 0 Å². The van der Waals surface area contributed by atoms with Crippen LogP contribution in [0.15, 0.2) is 42.5 Å². The molecular weight excluding hydrogens is 228 g/mol. The van der Waals surface area contributed by atoms with Gasteiger partial charge in [-0.25, -0.2) is 0 Å². The van der Waals surface area contributed by atoms with Crippen LogP contribution in [0.5, 0.6) is 23.0 Å². The zero-order chi connectivity index (χ0) is 10.3. The third-order valence-corrected chi connectivity index (χ3v) is 2.51. The molecular formula is C12H9ClO3. The summed E-state index contributed by atoms with van der Waals surface area (Å²) in [5.74, 6) is 2.64. The highest BCUT2D eigenvalue weighted by Crippen LogP contribution is 2.47. The van der Waals surface area contributed by atoms with Crippen molar-refractivity contribution in [2.45, 2.75) is 0 Å². The van der Waals surface area contributed by atoms with Gasteiger partial charge in [0.15, 0.2) is 23.0 Å². The molecule has 1 aliphatic heterocycles. The third-order valence-electron chi connectivity index (χ3n) is 2.21. The summed E-state index contributed by atoms with van der Waals surface area (Å²) in [7, 11) is 0. The van der Waals surface area contributed by atoms with E-state index in [1.165, 1.54) is 0 Å². The Labute approximate surface area is 97.5 Å². The molecule has 1 aliphatic rings. The number of ether oxygens (including phenoxy) is 2. The second-order valence-electron chi connectivity index (χ2n) is 3.22. The second kappa shape index (κ2) is 4.04. The highest BCUT2D eigenvalue weighted by atomic mass is 35.5. The molecule has 2 N–H and O–H groups in total. The molecule has 0 bridgehead atoms. The molecule has 4 heteroatoms. The van der Waals surface area contributed by atoms with Gasteiger partial charge in [-0.15, -0.1) is 0 Å². The van der Waals surface area contributed by atoms with Crippen molar-refractivity contribution in [3.05, 3.63) is 47.5 Å². The van der Waals surface area contributed by atoms with E-state index in [4.69, 9.17) is 21.1 Å². The van der Waals surface area contributed by atoms with E-state index in [0.29, 0.717) is 28.0 Å². The van der Waals surface area contributed by atoms with Gasteiger partial charge in [-0.3, -0.25) is 0 Å². The first-order chi connectivity index (χ1) is 7.34. The Morgan fingerprint density at radius 3 is 2.12 bits per heavy atom. The molecule has 0 radical (unpaired) electrons. The first kappa shape index (κ1) is 10.8. The van der Waals surface area contributed by atoms with Crippen molar-refractivity contribution in [3.63, 3.8) is 0 Å². The summed E-state index contributed by atoms with van der Waals surface area (Å²) in [6, 6.07) is 12.9. The zero-order valence-electron chi connectivity index (χ0n) is 8.24. The van der Waals surface area contributed by atoms with Gasteiger partial charge < -0.3 is 14.9 Å². The number of rotatable bonds is 0. The lowest BCUT2D eigenvalue weighted by Crippen LogP contribution is -1.98. The van der Waals surface area contributed by atoms with Crippen LogP contribution in [0.4, 0.5) is 0 Å². The van der Waals surface area contributed by atoms with Gasteiger partial charge in [0.2, 0.25) is 0 Å². The molecule has 0 saturated carbocycles. The molecule has 0 amide bonds. The molecule has 0 aliphatic carbocycles. The van der Waals surface area contributed by atoms with Crippen molar-refractivity contribution < 1.29 is 14.9 Å². The minimum Gasteiger partial charge on any atom is -0.449 e. The predicted molar refractivity (Wildman–Crippen MR) is 61.7 cm³/mol. The van der Waals surface area contributed by atoms with E-state index in [1.807, 2.05) is 36.4 Å². The molecule has 0 fully saturated rings. The lowest BCUT2D eigenvalue weighted by atomic mass is 10.2. The van der Waals surface area contributed by atoms with E-state index < -0.39 is 0 Å². The van der Waals surface area contributed by atoms with Gasteiger partial charge in [-0.1, -0.05) is 29.8 Å². The van der Waals surface area contributed by atoms with Crippen LogP contribution >= 0.6 is 11.6 Å². The summed E-state index contributed by atoms with van der Waals surface area (Å²) in [6.07, 6.45) is 0. The van der Waals surface area contributed by atoms with Crippen LogP contribution in [0, 0.1) is 0 Å². The molecule has 82 valence electrons.